The van der Waals surface area contributed by atoms with Gasteiger partial charge in [-0.05, 0) is 24.3 Å². The summed E-state index contributed by atoms with van der Waals surface area (Å²) in [6.07, 6.45) is 1.94. The SMILES string of the molecule is Nc1nc(N)c2c(n1)-c1ccsc1CC2. The largest absolute Gasteiger partial charge is 0.383 e. The van der Waals surface area contributed by atoms with Crippen molar-refractivity contribution >= 4 is 23.1 Å². The van der Waals surface area contributed by atoms with Crippen LogP contribution in [0.15, 0.2) is 11.4 Å². The molecule has 0 amide bonds. The molecule has 0 radical (unpaired) electrons. The smallest absolute Gasteiger partial charge is 0.222 e. The van der Waals surface area contributed by atoms with E-state index in [1.165, 1.54) is 10.4 Å². The van der Waals surface area contributed by atoms with E-state index in [1.54, 1.807) is 11.3 Å². The Hall–Kier alpha value is -1.62. The predicted octanol–water partition coefficient (Wildman–Crippen LogP) is 1.47. The van der Waals surface area contributed by atoms with Crippen molar-refractivity contribution in [1.82, 2.24) is 9.97 Å². The standard InChI is InChI=1S/C10H10N4S/c11-9-6-1-2-7-5(3-4-15-7)8(6)13-10(12)14-9/h3-4H,1-2H2,(H4,11,12,13,14). The summed E-state index contributed by atoms with van der Waals surface area (Å²) in [6, 6.07) is 2.07. The maximum atomic E-state index is 5.84. The van der Waals surface area contributed by atoms with Gasteiger partial charge in [-0.25, -0.2) is 4.98 Å². The highest BCUT2D eigenvalue weighted by molar-refractivity contribution is 7.10. The number of nitrogens with zero attached hydrogens (tertiary/aromatic N) is 2. The number of rotatable bonds is 0. The Morgan fingerprint density at radius 2 is 2.07 bits per heavy atom. The Labute approximate surface area is 91.0 Å². The van der Waals surface area contributed by atoms with E-state index in [-0.39, 0.29) is 5.95 Å². The van der Waals surface area contributed by atoms with Crippen LogP contribution in [0.4, 0.5) is 11.8 Å². The lowest BCUT2D eigenvalue weighted by Crippen LogP contribution is -2.11. The fourth-order valence-corrected chi connectivity index (χ4v) is 2.85. The molecule has 2 aromatic rings. The maximum absolute atomic E-state index is 5.84. The highest BCUT2D eigenvalue weighted by Gasteiger charge is 2.21. The molecule has 1 aliphatic rings. The zero-order valence-electron chi connectivity index (χ0n) is 8.03. The fourth-order valence-electron chi connectivity index (χ4n) is 1.97. The molecule has 2 heterocycles. The van der Waals surface area contributed by atoms with E-state index in [4.69, 9.17) is 11.5 Å². The third-order valence-electron chi connectivity index (χ3n) is 2.66. The zero-order chi connectivity index (χ0) is 10.4. The molecule has 15 heavy (non-hydrogen) atoms. The first-order chi connectivity index (χ1) is 7.25. The summed E-state index contributed by atoms with van der Waals surface area (Å²) in [4.78, 5) is 9.63. The number of anilines is 2. The molecule has 0 atom stereocenters. The summed E-state index contributed by atoms with van der Waals surface area (Å²) in [5.41, 5.74) is 14.6. The third-order valence-corrected chi connectivity index (χ3v) is 3.64. The van der Waals surface area contributed by atoms with Gasteiger partial charge in [-0.2, -0.15) is 4.98 Å². The molecule has 76 valence electrons. The lowest BCUT2D eigenvalue weighted by molar-refractivity contribution is 0.937. The first-order valence-electron chi connectivity index (χ1n) is 4.74. The quantitative estimate of drug-likeness (QED) is 0.702. The summed E-state index contributed by atoms with van der Waals surface area (Å²) in [5, 5.41) is 2.08. The van der Waals surface area contributed by atoms with Crippen LogP contribution >= 0.6 is 11.3 Å². The minimum Gasteiger partial charge on any atom is -0.383 e. The molecule has 4 nitrogen and oxygen atoms in total. The van der Waals surface area contributed by atoms with Crippen molar-refractivity contribution in [2.24, 2.45) is 0 Å². The second-order valence-corrected chi connectivity index (χ2v) is 4.55. The predicted molar refractivity (Wildman–Crippen MR) is 61.6 cm³/mol. The van der Waals surface area contributed by atoms with Gasteiger partial charge in [-0.3, -0.25) is 0 Å². The first kappa shape index (κ1) is 8.67. The van der Waals surface area contributed by atoms with Gasteiger partial charge in [0, 0.05) is 16.0 Å². The molecule has 3 rings (SSSR count). The van der Waals surface area contributed by atoms with Crippen LogP contribution in [0.2, 0.25) is 0 Å². The van der Waals surface area contributed by atoms with E-state index in [1.807, 2.05) is 0 Å². The van der Waals surface area contributed by atoms with E-state index in [0.717, 1.165) is 24.1 Å². The average Bonchev–Trinajstić information content (AvgIpc) is 2.65. The molecule has 0 spiro atoms. The minimum atomic E-state index is 0.255. The fraction of sp³-hybridized carbons (Fsp3) is 0.200. The van der Waals surface area contributed by atoms with Gasteiger partial charge in [0.1, 0.15) is 5.82 Å². The molecule has 0 saturated carbocycles. The Morgan fingerprint density at radius 3 is 2.93 bits per heavy atom. The van der Waals surface area contributed by atoms with Crippen LogP contribution in [-0.2, 0) is 12.8 Å². The van der Waals surface area contributed by atoms with Crippen LogP contribution < -0.4 is 11.5 Å². The Balaban J connectivity index is 2.32. The van der Waals surface area contributed by atoms with Crippen LogP contribution in [0.3, 0.4) is 0 Å². The Morgan fingerprint density at radius 1 is 1.20 bits per heavy atom. The minimum absolute atomic E-state index is 0.255. The Bertz CT molecular complexity index is 532. The zero-order valence-corrected chi connectivity index (χ0v) is 8.84. The molecule has 0 saturated heterocycles. The van der Waals surface area contributed by atoms with Gasteiger partial charge >= 0.3 is 0 Å². The molecule has 1 aliphatic carbocycles. The summed E-state index contributed by atoms with van der Waals surface area (Å²) in [6.45, 7) is 0. The topological polar surface area (TPSA) is 77.8 Å². The van der Waals surface area contributed by atoms with Crippen LogP contribution in [0, 0.1) is 0 Å². The van der Waals surface area contributed by atoms with Crippen molar-refractivity contribution in [2.75, 3.05) is 11.5 Å². The number of fused-ring (bicyclic) bond motifs is 3. The summed E-state index contributed by atoms with van der Waals surface area (Å²) in [5.74, 6) is 0.777. The summed E-state index contributed by atoms with van der Waals surface area (Å²) < 4.78 is 0. The second-order valence-electron chi connectivity index (χ2n) is 3.55. The van der Waals surface area contributed by atoms with Gasteiger partial charge < -0.3 is 11.5 Å². The molecule has 0 bridgehead atoms. The molecule has 0 unspecified atom stereocenters. The average molecular weight is 218 g/mol. The van der Waals surface area contributed by atoms with Gasteiger partial charge in [0.25, 0.3) is 0 Å². The van der Waals surface area contributed by atoms with Gasteiger partial charge in [0.2, 0.25) is 5.95 Å². The van der Waals surface area contributed by atoms with Crippen LogP contribution in [0.1, 0.15) is 10.4 Å². The maximum Gasteiger partial charge on any atom is 0.222 e. The lowest BCUT2D eigenvalue weighted by Gasteiger charge is -2.16. The molecule has 4 N–H and O–H groups in total. The van der Waals surface area contributed by atoms with Crippen molar-refractivity contribution < 1.29 is 0 Å². The second kappa shape index (κ2) is 2.93. The monoisotopic (exact) mass is 218 g/mol. The number of nitrogens with two attached hydrogens (primary N) is 2. The highest BCUT2D eigenvalue weighted by Crippen LogP contribution is 2.37. The number of hydrogen-bond donors (Lipinski definition) is 2. The number of nitrogen functional groups attached to an aromatic ring is 2. The molecule has 2 aromatic heterocycles. The van der Waals surface area contributed by atoms with Crippen molar-refractivity contribution in [3.63, 3.8) is 0 Å². The molecule has 0 aliphatic heterocycles. The molecular weight excluding hydrogens is 208 g/mol. The van der Waals surface area contributed by atoms with Crippen molar-refractivity contribution in [3.8, 4) is 11.3 Å². The third kappa shape index (κ3) is 1.20. The van der Waals surface area contributed by atoms with Crippen LogP contribution in [0.25, 0.3) is 11.3 Å². The van der Waals surface area contributed by atoms with Crippen molar-refractivity contribution in [3.05, 3.63) is 21.9 Å². The lowest BCUT2D eigenvalue weighted by atomic mass is 9.95. The van der Waals surface area contributed by atoms with E-state index < -0.39 is 0 Å². The van der Waals surface area contributed by atoms with E-state index in [2.05, 4.69) is 21.4 Å². The van der Waals surface area contributed by atoms with Gasteiger partial charge in [-0.15, -0.1) is 11.3 Å². The van der Waals surface area contributed by atoms with Gasteiger partial charge in [0.05, 0.1) is 5.69 Å². The number of aryl methyl sites for hydroxylation is 1. The van der Waals surface area contributed by atoms with Gasteiger partial charge in [-0.1, -0.05) is 0 Å². The van der Waals surface area contributed by atoms with Crippen molar-refractivity contribution in [2.45, 2.75) is 12.8 Å². The number of thiophene rings is 1. The molecular formula is C10H10N4S. The highest BCUT2D eigenvalue weighted by atomic mass is 32.1. The van der Waals surface area contributed by atoms with Crippen molar-refractivity contribution in [1.29, 1.82) is 0 Å². The molecule has 0 fully saturated rings. The number of hydrogen-bond acceptors (Lipinski definition) is 5. The van der Waals surface area contributed by atoms with E-state index in [0.29, 0.717) is 5.82 Å². The molecule has 0 aromatic carbocycles. The van der Waals surface area contributed by atoms with E-state index in [9.17, 15) is 0 Å². The van der Waals surface area contributed by atoms with E-state index >= 15 is 0 Å². The van der Waals surface area contributed by atoms with Crippen LogP contribution in [-0.4, -0.2) is 9.97 Å². The van der Waals surface area contributed by atoms with Gasteiger partial charge in [0.15, 0.2) is 0 Å². The van der Waals surface area contributed by atoms with Crippen LogP contribution in [0.5, 0.6) is 0 Å². The molecule has 5 heteroatoms. The summed E-state index contributed by atoms with van der Waals surface area (Å²) >= 11 is 1.76. The summed E-state index contributed by atoms with van der Waals surface area (Å²) in [7, 11) is 0. The number of aromatic nitrogens is 2. The Kier molecular flexibility index (Phi) is 1.70. The normalized spacial score (nSPS) is 13.3. The first-order valence-corrected chi connectivity index (χ1v) is 5.62.